The van der Waals surface area contributed by atoms with Crippen molar-refractivity contribution >= 4 is 21.2 Å². The molecule has 0 bridgehead atoms. The molecule has 0 amide bonds. The van der Waals surface area contributed by atoms with Gasteiger partial charge in [-0.2, -0.15) is 0 Å². The molecular weight excluding hydrogens is 342 g/mol. The van der Waals surface area contributed by atoms with Crippen LogP contribution in [0, 0.1) is 0 Å². The molecule has 1 aromatic carbocycles. The van der Waals surface area contributed by atoms with E-state index in [-0.39, 0.29) is 4.90 Å². The predicted octanol–water partition coefficient (Wildman–Crippen LogP) is 3.49. The second-order valence-corrected chi connectivity index (χ2v) is 8.59. The van der Waals surface area contributed by atoms with Gasteiger partial charge in [0.05, 0.1) is 16.3 Å². The zero-order valence-corrected chi connectivity index (χ0v) is 14.7. The van der Waals surface area contributed by atoms with Crippen molar-refractivity contribution in [3.63, 3.8) is 0 Å². The summed E-state index contributed by atoms with van der Waals surface area (Å²) >= 11 is 1.61. The first kappa shape index (κ1) is 16.8. The predicted molar refractivity (Wildman–Crippen MR) is 95.8 cm³/mol. The maximum absolute atomic E-state index is 11.5. The highest BCUT2D eigenvalue weighted by Crippen LogP contribution is 2.24. The molecular formula is C18H17NO3S2. The van der Waals surface area contributed by atoms with E-state index in [9.17, 15) is 13.5 Å². The first-order valence-corrected chi connectivity index (χ1v) is 10.2. The van der Waals surface area contributed by atoms with Crippen molar-refractivity contribution < 1.29 is 13.5 Å². The van der Waals surface area contributed by atoms with Crippen LogP contribution in [0.15, 0.2) is 64.9 Å². The summed E-state index contributed by atoms with van der Waals surface area (Å²) in [5.74, 6) is 0. The van der Waals surface area contributed by atoms with E-state index in [0.29, 0.717) is 17.8 Å². The average Bonchev–Trinajstić information content (AvgIpc) is 3.07. The highest BCUT2D eigenvalue weighted by molar-refractivity contribution is 7.90. The molecule has 3 aromatic rings. The summed E-state index contributed by atoms with van der Waals surface area (Å²) in [7, 11) is -3.21. The fraction of sp³-hybridized carbons (Fsp3) is 0.167. The van der Waals surface area contributed by atoms with Gasteiger partial charge in [-0.3, -0.25) is 4.98 Å². The molecule has 2 heterocycles. The number of hydrogen-bond donors (Lipinski definition) is 1. The van der Waals surface area contributed by atoms with E-state index >= 15 is 0 Å². The maximum Gasteiger partial charge on any atom is 0.175 e. The Kier molecular flexibility index (Phi) is 4.80. The third-order valence-corrected chi connectivity index (χ3v) is 5.69. The number of aromatic nitrogens is 1. The topological polar surface area (TPSA) is 67.3 Å². The molecule has 6 heteroatoms. The van der Waals surface area contributed by atoms with E-state index in [0.717, 1.165) is 10.4 Å². The van der Waals surface area contributed by atoms with E-state index in [4.69, 9.17) is 0 Å². The zero-order valence-electron chi connectivity index (χ0n) is 13.1. The second-order valence-electron chi connectivity index (χ2n) is 5.54. The van der Waals surface area contributed by atoms with Gasteiger partial charge in [-0.15, -0.1) is 11.3 Å². The highest BCUT2D eigenvalue weighted by Gasteiger charge is 2.12. The first-order chi connectivity index (χ1) is 11.4. The van der Waals surface area contributed by atoms with Crippen LogP contribution in [-0.4, -0.2) is 24.8 Å². The molecule has 0 radical (unpaired) electrons. The van der Waals surface area contributed by atoms with Crippen molar-refractivity contribution in [2.75, 3.05) is 6.26 Å². The van der Waals surface area contributed by atoms with Crippen LogP contribution in [0.25, 0.3) is 11.3 Å². The zero-order chi connectivity index (χ0) is 17.2. The van der Waals surface area contributed by atoms with Crippen LogP contribution in [0.4, 0.5) is 0 Å². The monoisotopic (exact) mass is 359 g/mol. The number of aliphatic hydroxyl groups is 1. The Balaban J connectivity index is 1.85. The number of benzene rings is 1. The molecule has 4 nitrogen and oxygen atoms in total. The minimum absolute atomic E-state index is 0.278. The Labute approximate surface area is 145 Å². The van der Waals surface area contributed by atoms with Gasteiger partial charge in [0, 0.05) is 23.1 Å². The summed E-state index contributed by atoms with van der Waals surface area (Å²) in [4.78, 5) is 5.90. The third-order valence-electron chi connectivity index (χ3n) is 3.66. The summed E-state index contributed by atoms with van der Waals surface area (Å²) in [5.41, 5.74) is 2.12. The van der Waals surface area contributed by atoms with Crippen molar-refractivity contribution in [2.24, 2.45) is 0 Å². The Morgan fingerprint density at radius 3 is 2.46 bits per heavy atom. The number of pyridine rings is 1. The SMILES string of the molecule is CS(=O)(=O)c1ccc(-c2cccc([C@@H](O)Cc3cccs3)n2)cc1. The number of nitrogens with zero attached hydrogens (tertiary/aromatic N) is 1. The average molecular weight is 359 g/mol. The van der Waals surface area contributed by atoms with E-state index in [1.807, 2.05) is 29.6 Å². The Morgan fingerprint density at radius 2 is 1.83 bits per heavy atom. The molecule has 124 valence electrons. The molecule has 0 saturated heterocycles. The van der Waals surface area contributed by atoms with Crippen LogP contribution in [-0.2, 0) is 16.3 Å². The standard InChI is InChI=1S/C18H17NO3S2/c1-24(21,22)15-9-7-13(8-10-15)16-5-2-6-17(19-16)18(20)12-14-4-3-11-23-14/h2-11,18,20H,12H2,1H3/t18-/m0/s1. The third kappa shape index (κ3) is 3.90. The van der Waals surface area contributed by atoms with Gasteiger partial charge in [0.25, 0.3) is 0 Å². The quantitative estimate of drug-likeness (QED) is 0.757. The Morgan fingerprint density at radius 1 is 1.08 bits per heavy atom. The molecule has 1 atom stereocenters. The number of hydrogen-bond acceptors (Lipinski definition) is 5. The van der Waals surface area contributed by atoms with E-state index < -0.39 is 15.9 Å². The smallest absolute Gasteiger partial charge is 0.175 e. The highest BCUT2D eigenvalue weighted by atomic mass is 32.2. The van der Waals surface area contributed by atoms with Gasteiger partial charge in [-0.1, -0.05) is 24.3 Å². The number of thiophene rings is 1. The van der Waals surface area contributed by atoms with E-state index in [1.165, 1.54) is 6.26 Å². The largest absolute Gasteiger partial charge is 0.386 e. The maximum atomic E-state index is 11.5. The summed E-state index contributed by atoms with van der Waals surface area (Å²) in [5, 5.41) is 12.4. The van der Waals surface area contributed by atoms with Gasteiger partial charge < -0.3 is 5.11 Å². The minimum atomic E-state index is -3.21. The Hall–Kier alpha value is -2.02. The van der Waals surface area contributed by atoms with Crippen molar-refractivity contribution in [1.29, 1.82) is 0 Å². The summed E-state index contributed by atoms with van der Waals surface area (Å²) in [6, 6.07) is 16.0. The molecule has 0 aliphatic rings. The van der Waals surface area contributed by atoms with Gasteiger partial charge >= 0.3 is 0 Å². The molecule has 0 spiro atoms. The molecule has 0 saturated carbocycles. The minimum Gasteiger partial charge on any atom is -0.386 e. The molecule has 0 aliphatic carbocycles. The lowest BCUT2D eigenvalue weighted by Crippen LogP contribution is -2.04. The lowest BCUT2D eigenvalue weighted by atomic mass is 10.1. The van der Waals surface area contributed by atoms with Gasteiger partial charge in [-0.25, -0.2) is 8.42 Å². The second kappa shape index (κ2) is 6.84. The lowest BCUT2D eigenvalue weighted by Gasteiger charge is -2.11. The summed E-state index contributed by atoms with van der Waals surface area (Å²) < 4.78 is 23.1. The normalized spacial score (nSPS) is 12.9. The van der Waals surface area contributed by atoms with Crippen LogP contribution in [0.1, 0.15) is 16.7 Å². The number of aliphatic hydroxyl groups excluding tert-OH is 1. The van der Waals surface area contributed by atoms with Crippen LogP contribution in [0.3, 0.4) is 0 Å². The molecule has 3 rings (SSSR count). The molecule has 0 unspecified atom stereocenters. The van der Waals surface area contributed by atoms with Gasteiger partial charge in [0.2, 0.25) is 0 Å². The van der Waals surface area contributed by atoms with Crippen LogP contribution >= 0.6 is 11.3 Å². The first-order valence-electron chi connectivity index (χ1n) is 7.41. The Bertz CT molecular complexity index is 917. The number of sulfone groups is 1. The summed E-state index contributed by atoms with van der Waals surface area (Å²) in [6.07, 6.45) is 1.04. The fourth-order valence-electron chi connectivity index (χ4n) is 2.39. The lowest BCUT2D eigenvalue weighted by molar-refractivity contribution is 0.174. The van der Waals surface area contributed by atoms with Gasteiger partial charge in [-0.05, 0) is 35.7 Å². The fourth-order valence-corrected chi connectivity index (χ4v) is 3.77. The summed E-state index contributed by atoms with van der Waals surface area (Å²) in [6.45, 7) is 0. The van der Waals surface area contributed by atoms with E-state index in [2.05, 4.69) is 4.98 Å². The molecule has 0 aliphatic heterocycles. The van der Waals surface area contributed by atoms with Crippen molar-refractivity contribution in [3.05, 3.63) is 70.5 Å². The molecule has 1 N–H and O–H groups in total. The van der Waals surface area contributed by atoms with Crippen LogP contribution in [0.5, 0.6) is 0 Å². The van der Waals surface area contributed by atoms with Crippen molar-refractivity contribution in [1.82, 2.24) is 4.98 Å². The van der Waals surface area contributed by atoms with Gasteiger partial charge in [0.15, 0.2) is 9.84 Å². The molecule has 24 heavy (non-hydrogen) atoms. The van der Waals surface area contributed by atoms with Crippen molar-refractivity contribution in [2.45, 2.75) is 17.4 Å². The number of rotatable bonds is 5. The molecule has 0 fully saturated rings. The van der Waals surface area contributed by atoms with Crippen LogP contribution in [0.2, 0.25) is 0 Å². The van der Waals surface area contributed by atoms with Crippen molar-refractivity contribution in [3.8, 4) is 11.3 Å². The molecule has 2 aromatic heterocycles. The van der Waals surface area contributed by atoms with Gasteiger partial charge in [0.1, 0.15) is 6.10 Å². The van der Waals surface area contributed by atoms with E-state index in [1.54, 1.807) is 41.7 Å². The van der Waals surface area contributed by atoms with Crippen LogP contribution < -0.4 is 0 Å².